The van der Waals surface area contributed by atoms with Gasteiger partial charge in [-0.3, -0.25) is 9.78 Å². The SMILES string of the molecule is COCC(=O)Nc1ccc(N2C(=S)N[C@@H](c3ccccn3)[C@@H]2c2cccn2-c2ccc(C(=O)O)cc2)cc1Cl. The average molecular weight is 562 g/mol. The first-order valence-electron chi connectivity index (χ1n) is 12.0. The summed E-state index contributed by atoms with van der Waals surface area (Å²) in [6.07, 6.45) is 3.65. The van der Waals surface area contributed by atoms with Crippen LogP contribution in [0, 0.1) is 0 Å². The van der Waals surface area contributed by atoms with Gasteiger partial charge in [0.15, 0.2) is 5.11 Å². The molecule has 3 N–H and O–H groups in total. The lowest BCUT2D eigenvalue weighted by molar-refractivity contribution is -0.119. The van der Waals surface area contributed by atoms with E-state index in [4.69, 9.17) is 28.6 Å². The van der Waals surface area contributed by atoms with E-state index in [-0.39, 0.29) is 30.2 Å². The van der Waals surface area contributed by atoms with E-state index in [2.05, 4.69) is 15.6 Å². The Labute approximate surface area is 235 Å². The van der Waals surface area contributed by atoms with E-state index < -0.39 is 5.97 Å². The van der Waals surface area contributed by atoms with Crippen LogP contribution in [0.1, 0.15) is 33.8 Å². The number of nitrogens with zero attached hydrogens (tertiary/aromatic N) is 3. The van der Waals surface area contributed by atoms with Crippen LogP contribution in [0.4, 0.5) is 11.4 Å². The highest BCUT2D eigenvalue weighted by Gasteiger charge is 2.42. The first kappa shape index (κ1) is 26.4. The van der Waals surface area contributed by atoms with Crippen molar-refractivity contribution in [1.82, 2.24) is 14.9 Å². The molecule has 0 radical (unpaired) electrons. The molecule has 0 aliphatic carbocycles. The molecule has 9 nitrogen and oxygen atoms in total. The second-order valence-corrected chi connectivity index (χ2v) is 9.59. The fourth-order valence-corrected chi connectivity index (χ4v) is 5.21. The Morgan fingerprint density at radius 2 is 1.87 bits per heavy atom. The molecule has 3 heterocycles. The van der Waals surface area contributed by atoms with Crippen LogP contribution >= 0.6 is 23.8 Å². The van der Waals surface area contributed by atoms with Gasteiger partial charge in [0.05, 0.1) is 28.0 Å². The van der Waals surface area contributed by atoms with E-state index in [1.807, 2.05) is 52.1 Å². The number of carbonyl (C=O) groups is 2. The first-order valence-corrected chi connectivity index (χ1v) is 12.8. The Morgan fingerprint density at radius 3 is 2.54 bits per heavy atom. The van der Waals surface area contributed by atoms with Crippen LogP contribution < -0.4 is 15.5 Å². The van der Waals surface area contributed by atoms with Gasteiger partial charge >= 0.3 is 5.97 Å². The van der Waals surface area contributed by atoms with Gasteiger partial charge in [-0.15, -0.1) is 0 Å². The summed E-state index contributed by atoms with van der Waals surface area (Å²) in [5.74, 6) is -1.30. The van der Waals surface area contributed by atoms with Crippen LogP contribution in [0.5, 0.6) is 0 Å². The molecule has 5 rings (SSSR count). The van der Waals surface area contributed by atoms with Crippen molar-refractivity contribution in [3.8, 4) is 5.69 Å². The zero-order valence-electron chi connectivity index (χ0n) is 20.7. The summed E-state index contributed by atoms with van der Waals surface area (Å²) in [6, 6.07) is 21.0. The maximum absolute atomic E-state index is 12.0. The number of carbonyl (C=O) groups excluding carboxylic acids is 1. The number of carboxylic acid groups (broad SMARTS) is 1. The number of aromatic carboxylic acids is 1. The topological polar surface area (TPSA) is 109 Å². The number of thiocarbonyl (C=S) groups is 1. The Hall–Kier alpha value is -4.25. The lowest BCUT2D eigenvalue weighted by Gasteiger charge is -2.29. The number of anilines is 2. The molecular formula is C28H24ClN5O4S. The molecule has 0 saturated carbocycles. The number of aromatic nitrogens is 2. The number of methoxy groups -OCH3 is 1. The fraction of sp³-hybridized carbons (Fsp3) is 0.143. The zero-order chi connectivity index (χ0) is 27.5. The van der Waals surface area contributed by atoms with Gasteiger partial charge in [-0.2, -0.15) is 0 Å². The van der Waals surface area contributed by atoms with Gasteiger partial charge in [0.25, 0.3) is 0 Å². The molecule has 0 spiro atoms. The number of pyridine rings is 1. The molecule has 1 saturated heterocycles. The number of carboxylic acids is 1. The number of hydrogen-bond donors (Lipinski definition) is 3. The Bertz CT molecular complexity index is 1530. The zero-order valence-corrected chi connectivity index (χ0v) is 22.3. The Morgan fingerprint density at radius 1 is 1.10 bits per heavy atom. The van der Waals surface area contributed by atoms with Gasteiger partial charge < -0.3 is 29.9 Å². The number of halogens is 1. The fourth-order valence-electron chi connectivity index (χ4n) is 4.64. The third kappa shape index (κ3) is 5.35. The summed E-state index contributed by atoms with van der Waals surface area (Å²) in [5.41, 5.74) is 3.88. The lowest BCUT2D eigenvalue weighted by Crippen LogP contribution is -2.30. The van der Waals surface area contributed by atoms with Crippen molar-refractivity contribution in [2.45, 2.75) is 12.1 Å². The van der Waals surface area contributed by atoms with E-state index >= 15 is 0 Å². The van der Waals surface area contributed by atoms with Gasteiger partial charge in [-0.25, -0.2) is 4.79 Å². The standard InChI is InChI=1S/C28H24ClN5O4S/c1-38-16-24(35)31-21-12-11-19(15-20(21)29)34-26(25(32-28(34)39)22-5-2-3-13-30-22)23-6-4-14-33(23)18-9-7-17(8-10-18)27(36)37/h2-15,25-26H,16H2,1H3,(H,31,35)(H,32,39)(H,36,37)/t25-,26-/m0/s1. The summed E-state index contributed by atoms with van der Waals surface area (Å²) in [4.78, 5) is 29.9. The molecule has 1 aliphatic rings. The molecule has 2 aromatic heterocycles. The average Bonchev–Trinajstić information content (AvgIpc) is 3.55. The first-order chi connectivity index (χ1) is 18.9. The summed E-state index contributed by atoms with van der Waals surface area (Å²) in [5, 5.41) is 16.3. The Kier molecular flexibility index (Phi) is 7.60. The predicted molar refractivity (Wildman–Crippen MR) is 153 cm³/mol. The monoisotopic (exact) mass is 561 g/mol. The molecule has 1 fully saturated rings. The number of amides is 1. The van der Waals surface area contributed by atoms with Crippen LogP contribution in [0.3, 0.4) is 0 Å². The predicted octanol–water partition coefficient (Wildman–Crippen LogP) is 4.99. The van der Waals surface area contributed by atoms with Crippen molar-refractivity contribution in [3.63, 3.8) is 0 Å². The van der Waals surface area contributed by atoms with Crippen molar-refractivity contribution < 1.29 is 19.4 Å². The highest BCUT2D eigenvalue weighted by molar-refractivity contribution is 7.80. The van der Waals surface area contributed by atoms with E-state index in [9.17, 15) is 14.7 Å². The minimum absolute atomic E-state index is 0.0868. The van der Waals surface area contributed by atoms with E-state index in [0.717, 1.165) is 22.8 Å². The second kappa shape index (κ2) is 11.2. The number of hydrogen-bond acceptors (Lipinski definition) is 5. The van der Waals surface area contributed by atoms with E-state index in [0.29, 0.717) is 15.8 Å². The molecule has 1 aliphatic heterocycles. The number of nitrogens with one attached hydrogen (secondary N) is 2. The third-order valence-corrected chi connectivity index (χ3v) is 6.98. The third-order valence-electron chi connectivity index (χ3n) is 6.35. The van der Waals surface area contributed by atoms with Crippen LogP contribution in [0.15, 0.2) is 85.2 Å². The molecule has 2 aromatic carbocycles. The summed E-state index contributed by atoms with van der Waals surface area (Å²) >= 11 is 12.4. The summed E-state index contributed by atoms with van der Waals surface area (Å²) in [7, 11) is 1.44. The molecule has 0 unspecified atom stereocenters. The van der Waals surface area contributed by atoms with E-state index in [1.54, 1.807) is 42.6 Å². The van der Waals surface area contributed by atoms with Gasteiger partial charge in [0.1, 0.15) is 12.6 Å². The van der Waals surface area contributed by atoms with Gasteiger partial charge in [0.2, 0.25) is 5.91 Å². The molecular weight excluding hydrogens is 538 g/mol. The van der Waals surface area contributed by atoms with Gasteiger partial charge in [-0.1, -0.05) is 17.7 Å². The quantitative estimate of drug-likeness (QED) is 0.258. The summed E-state index contributed by atoms with van der Waals surface area (Å²) in [6.45, 7) is -0.0868. The molecule has 39 heavy (non-hydrogen) atoms. The van der Waals surface area contributed by atoms with Crippen LogP contribution in [-0.2, 0) is 9.53 Å². The maximum atomic E-state index is 12.0. The second-order valence-electron chi connectivity index (χ2n) is 8.80. The van der Waals surface area contributed by atoms with Crippen LogP contribution in [0.2, 0.25) is 5.02 Å². The van der Waals surface area contributed by atoms with Crippen molar-refractivity contribution >= 4 is 52.2 Å². The van der Waals surface area contributed by atoms with Gasteiger partial charge in [0, 0.05) is 36.6 Å². The van der Waals surface area contributed by atoms with Gasteiger partial charge in [-0.05, 0) is 78.9 Å². The Balaban J connectivity index is 1.58. The molecule has 198 valence electrons. The number of rotatable bonds is 8. The summed E-state index contributed by atoms with van der Waals surface area (Å²) < 4.78 is 6.88. The maximum Gasteiger partial charge on any atom is 0.335 e. The van der Waals surface area contributed by atoms with Crippen molar-refractivity contribution in [1.29, 1.82) is 0 Å². The van der Waals surface area contributed by atoms with Crippen molar-refractivity contribution in [2.75, 3.05) is 23.9 Å². The molecule has 1 amide bonds. The minimum Gasteiger partial charge on any atom is -0.478 e. The minimum atomic E-state index is -0.986. The lowest BCUT2D eigenvalue weighted by atomic mass is 10.0. The van der Waals surface area contributed by atoms with Crippen LogP contribution in [0.25, 0.3) is 5.69 Å². The van der Waals surface area contributed by atoms with Crippen molar-refractivity contribution in [3.05, 3.63) is 107 Å². The van der Waals surface area contributed by atoms with Crippen molar-refractivity contribution in [2.24, 2.45) is 0 Å². The van der Waals surface area contributed by atoms with Crippen LogP contribution in [-0.4, -0.2) is 45.4 Å². The number of benzene rings is 2. The highest BCUT2D eigenvalue weighted by Crippen LogP contribution is 2.43. The highest BCUT2D eigenvalue weighted by atomic mass is 35.5. The normalized spacial score (nSPS) is 16.7. The molecule has 11 heteroatoms. The smallest absolute Gasteiger partial charge is 0.335 e. The largest absolute Gasteiger partial charge is 0.478 e. The number of ether oxygens (including phenoxy) is 1. The molecule has 4 aromatic rings. The molecule has 0 bridgehead atoms. The van der Waals surface area contributed by atoms with E-state index in [1.165, 1.54) is 7.11 Å². The molecule has 2 atom stereocenters.